The normalized spacial score (nSPS) is 11.7. The molecule has 9 heteroatoms. The zero-order valence-electron chi connectivity index (χ0n) is 15.9. The number of aryl methyl sites for hydroxylation is 1. The standard InChI is InChI=1S/C19H20BrClFN5O/c1-11-17(24-18(28)19(3,4)27-10-14(20)8-23-27)12(2)26(25-11)9-13-5-6-15(22)7-16(13)21/h5-8,10H,9H2,1-4H3,(H,24,28). The second kappa shape index (κ2) is 7.67. The van der Waals surface area contributed by atoms with E-state index in [1.54, 1.807) is 41.7 Å². The molecule has 3 rings (SSSR count). The predicted molar refractivity (Wildman–Crippen MR) is 110 cm³/mol. The molecule has 0 bridgehead atoms. The van der Waals surface area contributed by atoms with E-state index in [1.807, 2.05) is 13.8 Å². The maximum atomic E-state index is 13.3. The molecule has 3 aromatic rings. The van der Waals surface area contributed by atoms with Crippen LogP contribution >= 0.6 is 27.5 Å². The van der Waals surface area contributed by atoms with Crippen molar-refractivity contribution in [2.24, 2.45) is 0 Å². The van der Waals surface area contributed by atoms with E-state index >= 15 is 0 Å². The first-order valence-electron chi connectivity index (χ1n) is 8.59. The van der Waals surface area contributed by atoms with Gasteiger partial charge in [-0.15, -0.1) is 0 Å². The van der Waals surface area contributed by atoms with E-state index in [2.05, 4.69) is 31.4 Å². The van der Waals surface area contributed by atoms with E-state index in [-0.39, 0.29) is 11.7 Å². The Morgan fingerprint density at radius 2 is 2.07 bits per heavy atom. The molecule has 0 spiro atoms. The zero-order valence-corrected chi connectivity index (χ0v) is 18.3. The molecule has 2 aromatic heterocycles. The van der Waals surface area contributed by atoms with E-state index in [0.717, 1.165) is 15.7 Å². The van der Waals surface area contributed by atoms with Crippen LogP contribution in [0, 0.1) is 19.7 Å². The van der Waals surface area contributed by atoms with Gasteiger partial charge < -0.3 is 5.32 Å². The minimum Gasteiger partial charge on any atom is -0.321 e. The van der Waals surface area contributed by atoms with Crippen molar-refractivity contribution in [3.63, 3.8) is 0 Å². The molecule has 6 nitrogen and oxygen atoms in total. The molecule has 0 aliphatic carbocycles. The molecule has 0 aliphatic rings. The average molecular weight is 469 g/mol. The summed E-state index contributed by atoms with van der Waals surface area (Å²) in [5, 5.41) is 12.0. The number of carbonyl (C=O) groups excluding carboxylic acids is 1. The number of halogens is 3. The second-order valence-electron chi connectivity index (χ2n) is 7.06. The van der Waals surface area contributed by atoms with Gasteiger partial charge in [-0.05, 0) is 61.3 Å². The van der Waals surface area contributed by atoms with Crippen LogP contribution in [0.5, 0.6) is 0 Å². The van der Waals surface area contributed by atoms with Crippen molar-refractivity contribution in [2.75, 3.05) is 5.32 Å². The second-order valence-corrected chi connectivity index (χ2v) is 8.38. The first-order chi connectivity index (χ1) is 13.1. The van der Waals surface area contributed by atoms with Gasteiger partial charge >= 0.3 is 0 Å². The molecule has 0 unspecified atom stereocenters. The van der Waals surface area contributed by atoms with Gasteiger partial charge in [0.15, 0.2) is 0 Å². The van der Waals surface area contributed by atoms with Gasteiger partial charge in [-0.25, -0.2) is 4.39 Å². The summed E-state index contributed by atoms with van der Waals surface area (Å²) in [4.78, 5) is 12.9. The lowest BCUT2D eigenvalue weighted by Gasteiger charge is -2.24. The van der Waals surface area contributed by atoms with Crippen LogP contribution in [0.4, 0.5) is 10.1 Å². The maximum absolute atomic E-state index is 13.3. The molecule has 1 N–H and O–H groups in total. The molecule has 148 valence electrons. The first kappa shape index (κ1) is 20.5. The fourth-order valence-corrected chi connectivity index (χ4v) is 3.33. The number of rotatable bonds is 5. The molecule has 1 aromatic carbocycles. The first-order valence-corrected chi connectivity index (χ1v) is 9.76. The highest BCUT2D eigenvalue weighted by Gasteiger charge is 2.32. The summed E-state index contributed by atoms with van der Waals surface area (Å²) < 4.78 is 17.4. The summed E-state index contributed by atoms with van der Waals surface area (Å²) >= 11 is 9.47. The lowest BCUT2D eigenvalue weighted by molar-refractivity contribution is -0.123. The molecule has 0 fully saturated rings. The third-order valence-corrected chi connectivity index (χ3v) is 5.40. The Kier molecular flexibility index (Phi) is 5.63. The van der Waals surface area contributed by atoms with Gasteiger partial charge in [0.05, 0.1) is 34.3 Å². The van der Waals surface area contributed by atoms with Gasteiger partial charge in [0.25, 0.3) is 5.91 Å². The summed E-state index contributed by atoms with van der Waals surface area (Å²) in [6, 6.07) is 4.27. The van der Waals surface area contributed by atoms with Crippen LogP contribution in [0.2, 0.25) is 5.02 Å². The molecular formula is C19H20BrClFN5O. The van der Waals surface area contributed by atoms with Crippen LogP contribution in [0.1, 0.15) is 30.8 Å². The SMILES string of the molecule is Cc1nn(Cc2ccc(F)cc2Cl)c(C)c1NC(=O)C(C)(C)n1cc(Br)cn1. The number of carbonyl (C=O) groups is 1. The lowest BCUT2D eigenvalue weighted by atomic mass is 10.0. The smallest absolute Gasteiger partial charge is 0.251 e. The van der Waals surface area contributed by atoms with Crippen molar-refractivity contribution in [1.29, 1.82) is 0 Å². The zero-order chi connectivity index (χ0) is 20.6. The van der Waals surface area contributed by atoms with Crippen molar-refractivity contribution in [1.82, 2.24) is 19.6 Å². The Morgan fingerprint density at radius 3 is 2.68 bits per heavy atom. The Labute approximate surface area is 175 Å². The van der Waals surface area contributed by atoms with E-state index in [1.165, 1.54) is 12.1 Å². The highest BCUT2D eigenvalue weighted by atomic mass is 79.9. The van der Waals surface area contributed by atoms with Gasteiger partial charge in [0.2, 0.25) is 0 Å². The van der Waals surface area contributed by atoms with E-state index in [0.29, 0.717) is 22.9 Å². The highest BCUT2D eigenvalue weighted by molar-refractivity contribution is 9.10. The minimum absolute atomic E-state index is 0.214. The molecule has 0 atom stereocenters. The Balaban J connectivity index is 1.84. The van der Waals surface area contributed by atoms with Crippen molar-refractivity contribution < 1.29 is 9.18 Å². The molecule has 1 amide bonds. The Morgan fingerprint density at radius 1 is 1.36 bits per heavy atom. The van der Waals surface area contributed by atoms with Crippen molar-refractivity contribution in [2.45, 2.75) is 39.8 Å². The number of benzene rings is 1. The largest absolute Gasteiger partial charge is 0.321 e. The maximum Gasteiger partial charge on any atom is 0.251 e. The minimum atomic E-state index is -0.896. The van der Waals surface area contributed by atoms with Crippen LogP contribution in [0.25, 0.3) is 0 Å². The number of anilines is 1. The Hall–Kier alpha value is -2.19. The third kappa shape index (κ3) is 3.98. The van der Waals surface area contributed by atoms with E-state index in [9.17, 15) is 9.18 Å². The van der Waals surface area contributed by atoms with Gasteiger partial charge in [0.1, 0.15) is 11.4 Å². The van der Waals surface area contributed by atoms with Gasteiger partial charge in [0, 0.05) is 11.2 Å². The molecule has 28 heavy (non-hydrogen) atoms. The molecule has 0 saturated heterocycles. The van der Waals surface area contributed by atoms with Crippen LogP contribution < -0.4 is 5.32 Å². The number of hydrogen-bond acceptors (Lipinski definition) is 3. The number of amides is 1. The number of hydrogen-bond donors (Lipinski definition) is 1. The summed E-state index contributed by atoms with van der Waals surface area (Å²) in [5.74, 6) is -0.601. The molecule has 0 saturated carbocycles. The van der Waals surface area contributed by atoms with E-state index < -0.39 is 5.54 Å². The van der Waals surface area contributed by atoms with Crippen LogP contribution in [-0.4, -0.2) is 25.5 Å². The summed E-state index contributed by atoms with van der Waals surface area (Å²) in [7, 11) is 0. The number of nitrogens with zero attached hydrogens (tertiary/aromatic N) is 4. The topological polar surface area (TPSA) is 64.7 Å². The fraction of sp³-hybridized carbons (Fsp3) is 0.316. The molecule has 0 aliphatic heterocycles. The molecular weight excluding hydrogens is 449 g/mol. The van der Waals surface area contributed by atoms with Gasteiger partial charge in [-0.1, -0.05) is 17.7 Å². The monoisotopic (exact) mass is 467 g/mol. The van der Waals surface area contributed by atoms with Crippen molar-refractivity contribution in [3.8, 4) is 0 Å². The fourth-order valence-electron chi connectivity index (χ4n) is 2.82. The van der Waals surface area contributed by atoms with Crippen LogP contribution in [0.3, 0.4) is 0 Å². The van der Waals surface area contributed by atoms with Crippen LogP contribution in [0.15, 0.2) is 35.1 Å². The predicted octanol–water partition coefficient (Wildman–Crippen LogP) is 4.67. The molecule has 0 radical (unpaired) electrons. The van der Waals surface area contributed by atoms with E-state index in [4.69, 9.17) is 11.6 Å². The average Bonchev–Trinajstić information content (AvgIpc) is 3.16. The van der Waals surface area contributed by atoms with Crippen LogP contribution in [-0.2, 0) is 16.9 Å². The third-order valence-electron chi connectivity index (χ3n) is 4.63. The number of nitrogens with one attached hydrogen (secondary N) is 1. The summed E-state index contributed by atoms with van der Waals surface area (Å²) in [5.41, 5.74) is 1.95. The summed E-state index contributed by atoms with van der Waals surface area (Å²) in [6.45, 7) is 7.63. The quantitative estimate of drug-likeness (QED) is 0.592. The van der Waals surface area contributed by atoms with Gasteiger partial charge in [-0.3, -0.25) is 14.2 Å². The lowest BCUT2D eigenvalue weighted by Crippen LogP contribution is -2.40. The number of aromatic nitrogens is 4. The van der Waals surface area contributed by atoms with Crippen molar-refractivity contribution in [3.05, 3.63) is 62.9 Å². The highest BCUT2D eigenvalue weighted by Crippen LogP contribution is 2.26. The van der Waals surface area contributed by atoms with Crippen molar-refractivity contribution >= 4 is 39.1 Å². The summed E-state index contributed by atoms with van der Waals surface area (Å²) in [6.07, 6.45) is 3.38. The Bertz CT molecular complexity index is 1040. The van der Waals surface area contributed by atoms with Gasteiger partial charge in [-0.2, -0.15) is 10.2 Å². The molecule has 2 heterocycles.